The van der Waals surface area contributed by atoms with Gasteiger partial charge in [-0.3, -0.25) is 0 Å². The number of phenols is 1. The van der Waals surface area contributed by atoms with Crippen molar-refractivity contribution in [2.75, 3.05) is 0 Å². The van der Waals surface area contributed by atoms with E-state index in [1.807, 2.05) is 0 Å². The van der Waals surface area contributed by atoms with Gasteiger partial charge in [0.2, 0.25) is 0 Å². The fraction of sp³-hybridized carbons (Fsp3) is 0. The molecule has 13 heavy (non-hydrogen) atoms. The number of hydrogen-bond donors (Lipinski definition) is 1. The Morgan fingerprint density at radius 1 is 1.54 bits per heavy atom. The third-order valence-corrected chi connectivity index (χ3v) is 1.96. The molecule has 0 fully saturated rings. The van der Waals surface area contributed by atoms with E-state index in [0.717, 1.165) is 6.26 Å². The largest absolute Gasteiger partial charge is 0.508 e. The fourth-order valence-electron chi connectivity index (χ4n) is 0.735. The first-order chi connectivity index (χ1) is 6.22. The summed E-state index contributed by atoms with van der Waals surface area (Å²) >= 11 is 0. The van der Waals surface area contributed by atoms with Crippen molar-refractivity contribution in [3.8, 4) is 11.5 Å². The quantitative estimate of drug-likeness (QED) is 0.598. The molecule has 1 atom stereocenters. The van der Waals surface area contributed by atoms with Crippen molar-refractivity contribution < 1.29 is 18.7 Å². The Labute approximate surface area is 76.4 Å². The Kier molecular flexibility index (Phi) is 3.41. The molecule has 1 unspecified atom stereocenters. The molecule has 0 amide bonds. The molecule has 1 aromatic carbocycles. The van der Waals surface area contributed by atoms with Crippen LogP contribution in [0.25, 0.3) is 0 Å². The van der Waals surface area contributed by atoms with Gasteiger partial charge in [-0.15, -0.1) is 0 Å². The predicted molar refractivity (Wildman–Crippen MR) is 49.0 cm³/mol. The van der Waals surface area contributed by atoms with E-state index in [-0.39, 0.29) is 5.75 Å². The zero-order valence-electron chi connectivity index (χ0n) is 6.77. The number of hydrogen-bond acceptors (Lipinski definition) is 4. The molecule has 4 nitrogen and oxygen atoms in total. The van der Waals surface area contributed by atoms with Crippen molar-refractivity contribution in [3.05, 3.63) is 37.1 Å². The van der Waals surface area contributed by atoms with Gasteiger partial charge in [-0.05, 0) is 12.1 Å². The maximum Gasteiger partial charge on any atom is 0.418 e. The van der Waals surface area contributed by atoms with Gasteiger partial charge in [-0.25, -0.2) is 4.57 Å². The first kappa shape index (κ1) is 9.68. The lowest BCUT2D eigenvalue weighted by Gasteiger charge is -2.04. The van der Waals surface area contributed by atoms with Crippen LogP contribution in [0.1, 0.15) is 0 Å². The molecule has 0 aliphatic rings. The molecule has 0 spiro atoms. The molecule has 1 N–H and O–H groups in total. The molecule has 5 heteroatoms. The molecule has 0 aromatic heterocycles. The van der Waals surface area contributed by atoms with Gasteiger partial charge in [0.1, 0.15) is 11.5 Å². The summed E-state index contributed by atoms with van der Waals surface area (Å²) in [6.07, 6.45) is 1.05. The van der Waals surface area contributed by atoms with Gasteiger partial charge in [0, 0.05) is 6.07 Å². The van der Waals surface area contributed by atoms with Crippen LogP contribution in [-0.4, -0.2) is 5.11 Å². The minimum absolute atomic E-state index is 0.0471. The van der Waals surface area contributed by atoms with E-state index in [2.05, 4.69) is 11.1 Å². The van der Waals surface area contributed by atoms with Crippen molar-refractivity contribution in [1.82, 2.24) is 0 Å². The van der Waals surface area contributed by atoms with Gasteiger partial charge >= 0.3 is 8.25 Å². The molecule has 1 rings (SSSR count). The van der Waals surface area contributed by atoms with Gasteiger partial charge in [-0.2, -0.15) is 0 Å². The van der Waals surface area contributed by atoms with E-state index in [0.29, 0.717) is 5.75 Å². The van der Waals surface area contributed by atoms with E-state index in [4.69, 9.17) is 9.63 Å². The second kappa shape index (κ2) is 4.58. The second-order valence-electron chi connectivity index (χ2n) is 2.13. The highest BCUT2D eigenvalue weighted by Gasteiger charge is 2.00. The number of aromatic hydroxyl groups is 1. The second-order valence-corrected chi connectivity index (χ2v) is 3.07. The zero-order chi connectivity index (χ0) is 9.68. The Balaban J connectivity index is 2.63. The Bertz CT molecular complexity index is 324. The van der Waals surface area contributed by atoms with E-state index in [1.165, 1.54) is 12.1 Å². The summed E-state index contributed by atoms with van der Waals surface area (Å²) < 4.78 is 20.2. The van der Waals surface area contributed by atoms with Crippen LogP contribution in [0.5, 0.6) is 11.5 Å². The molecule has 0 aliphatic heterocycles. The molecule has 1 aromatic rings. The predicted octanol–water partition coefficient (Wildman–Crippen LogP) is 2.32. The number of rotatable bonds is 4. The molecule has 0 aliphatic carbocycles. The Morgan fingerprint density at radius 2 is 2.31 bits per heavy atom. The highest BCUT2D eigenvalue weighted by Crippen LogP contribution is 2.29. The monoisotopic (exact) mass is 200 g/mol. The summed E-state index contributed by atoms with van der Waals surface area (Å²) in [7, 11) is -2.59. The van der Waals surface area contributed by atoms with Crippen molar-refractivity contribution in [2.45, 2.75) is 0 Å². The minimum Gasteiger partial charge on any atom is -0.508 e. The molecule has 0 heterocycles. The van der Waals surface area contributed by atoms with Crippen molar-refractivity contribution in [1.29, 1.82) is 0 Å². The van der Waals surface area contributed by atoms with E-state index in [1.54, 1.807) is 12.1 Å². The van der Waals surface area contributed by atoms with Crippen LogP contribution in [0.4, 0.5) is 0 Å². The first-order valence-corrected chi connectivity index (χ1v) is 4.73. The zero-order valence-corrected chi connectivity index (χ0v) is 7.77. The summed E-state index contributed by atoms with van der Waals surface area (Å²) in [5, 5.41) is 9.02. The molecule has 0 saturated heterocycles. The third kappa shape index (κ3) is 3.22. The molecule has 70 valence electrons. The number of phenolic OH excluding ortho intramolecular Hbond substituents is 1. The molecular weight excluding hydrogens is 191 g/mol. The minimum atomic E-state index is -2.59. The summed E-state index contributed by atoms with van der Waals surface area (Å²) in [5.74, 6) is 0.344. The van der Waals surface area contributed by atoms with Crippen molar-refractivity contribution >= 4 is 8.25 Å². The average Bonchev–Trinajstić information content (AvgIpc) is 2.04. The molecule has 0 bridgehead atoms. The smallest absolute Gasteiger partial charge is 0.418 e. The van der Waals surface area contributed by atoms with Crippen molar-refractivity contribution in [2.24, 2.45) is 0 Å². The van der Waals surface area contributed by atoms with Crippen molar-refractivity contribution in [3.63, 3.8) is 0 Å². The van der Waals surface area contributed by atoms with Crippen LogP contribution in [0, 0.1) is 0 Å². The average molecular weight is 200 g/mol. The van der Waals surface area contributed by atoms with Gasteiger partial charge < -0.3 is 14.2 Å². The maximum atomic E-state index is 10.9. The summed E-state index contributed by atoms with van der Waals surface area (Å²) in [5.41, 5.74) is 0. The van der Waals surface area contributed by atoms with Gasteiger partial charge in [-0.1, -0.05) is 12.6 Å². The maximum absolute atomic E-state index is 10.9. The van der Waals surface area contributed by atoms with Gasteiger partial charge in [0.15, 0.2) is 0 Å². The van der Waals surface area contributed by atoms with Crippen LogP contribution >= 0.6 is 8.25 Å². The lowest BCUT2D eigenvalue weighted by molar-refractivity contribution is 0.383. The van der Waals surface area contributed by atoms with E-state index >= 15 is 0 Å². The standard InChI is InChI=1S/C8H9O4P/c1-2-11-13(10)12-8-5-3-4-7(9)6-8/h2-6,9,13H,1H2. The van der Waals surface area contributed by atoms with Crippen LogP contribution in [-0.2, 0) is 9.09 Å². The van der Waals surface area contributed by atoms with E-state index in [9.17, 15) is 4.57 Å². The molecule has 0 saturated carbocycles. The highest BCUT2D eigenvalue weighted by molar-refractivity contribution is 7.33. The lowest BCUT2D eigenvalue weighted by Crippen LogP contribution is -1.81. The summed E-state index contributed by atoms with van der Waals surface area (Å²) in [6, 6.07) is 5.97. The van der Waals surface area contributed by atoms with Crippen LogP contribution in [0.2, 0.25) is 0 Å². The van der Waals surface area contributed by atoms with Gasteiger partial charge in [0.05, 0.1) is 6.26 Å². The Morgan fingerprint density at radius 3 is 2.92 bits per heavy atom. The third-order valence-electron chi connectivity index (χ3n) is 1.20. The highest BCUT2D eigenvalue weighted by atomic mass is 31.1. The molecular formula is C8H9O4P. The van der Waals surface area contributed by atoms with E-state index < -0.39 is 8.25 Å². The summed E-state index contributed by atoms with van der Waals surface area (Å²) in [4.78, 5) is 0. The van der Waals surface area contributed by atoms with Gasteiger partial charge in [0.25, 0.3) is 0 Å². The van der Waals surface area contributed by atoms with Crippen LogP contribution < -0.4 is 4.52 Å². The normalized spacial score (nSPS) is 11.7. The fourth-order valence-corrected chi connectivity index (χ4v) is 1.24. The van der Waals surface area contributed by atoms with Crippen LogP contribution in [0.15, 0.2) is 37.1 Å². The SMILES string of the molecule is C=CO[PH](=O)Oc1cccc(O)c1. The first-order valence-electron chi connectivity index (χ1n) is 3.51. The lowest BCUT2D eigenvalue weighted by atomic mass is 10.3. The van der Waals surface area contributed by atoms with Crippen LogP contribution in [0.3, 0.4) is 0 Å². The topological polar surface area (TPSA) is 55.8 Å². The Hall–Kier alpha value is -1.41. The number of benzene rings is 1. The summed E-state index contributed by atoms with van der Waals surface area (Å²) in [6.45, 7) is 3.23. The molecule has 0 radical (unpaired) electrons.